The van der Waals surface area contributed by atoms with Gasteiger partial charge in [0, 0.05) is 11.2 Å². The Labute approximate surface area is 130 Å². The van der Waals surface area contributed by atoms with E-state index >= 15 is 0 Å². The number of amides is 2. The molecule has 22 heavy (non-hydrogen) atoms. The summed E-state index contributed by atoms with van der Waals surface area (Å²) in [5.41, 5.74) is -1.30. The lowest BCUT2D eigenvalue weighted by molar-refractivity contribution is -0.137. The molecule has 4 N–H and O–H groups in total. The molecule has 5 nitrogen and oxygen atoms in total. The van der Waals surface area contributed by atoms with Crippen molar-refractivity contribution < 1.29 is 18.0 Å². The maximum Gasteiger partial charge on any atom is 0.417 e. The van der Waals surface area contributed by atoms with Gasteiger partial charge in [-0.3, -0.25) is 10.7 Å². The molecule has 0 atom stereocenters. The van der Waals surface area contributed by atoms with Crippen LogP contribution in [0.5, 0.6) is 0 Å². The van der Waals surface area contributed by atoms with Crippen molar-refractivity contribution in [2.75, 3.05) is 5.32 Å². The van der Waals surface area contributed by atoms with Crippen LogP contribution in [0.2, 0.25) is 5.02 Å². The molecule has 0 aliphatic rings. The van der Waals surface area contributed by atoms with Crippen molar-refractivity contribution in [3.63, 3.8) is 0 Å². The molecule has 0 heterocycles. The van der Waals surface area contributed by atoms with Crippen LogP contribution in [0, 0.1) is 5.41 Å². The number of benzene rings is 1. The van der Waals surface area contributed by atoms with Crippen LogP contribution in [0.3, 0.4) is 0 Å². The topological polar surface area (TPSA) is 77.0 Å². The number of anilines is 1. The van der Waals surface area contributed by atoms with Crippen molar-refractivity contribution in [1.29, 1.82) is 5.41 Å². The van der Waals surface area contributed by atoms with E-state index in [0.717, 1.165) is 18.2 Å². The third kappa shape index (κ3) is 5.80. The summed E-state index contributed by atoms with van der Waals surface area (Å²) in [7, 11) is 0. The van der Waals surface area contributed by atoms with Gasteiger partial charge in [-0.05, 0) is 39.0 Å². The Hall–Kier alpha value is -1.96. The van der Waals surface area contributed by atoms with Crippen LogP contribution in [0.4, 0.5) is 23.7 Å². The Balaban J connectivity index is 2.70. The zero-order valence-electron chi connectivity index (χ0n) is 12.2. The third-order valence-corrected chi connectivity index (χ3v) is 2.58. The van der Waals surface area contributed by atoms with Crippen molar-refractivity contribution >= 4 is 29.3 Å². The van der Waals surface area contributed by atoms with Gasteiger partial charge in [0.25, 0.3) is 0 Å². The van der Waals surface area contributed by atoms with Crippen LogP contribution in [-0.2, 0) is 6.18 Å². The molecule has 0 aromatic heterocycles. The average molecular weight is 337 g/mol. The van der Waals surface area contributed by atoms with Crippen molar-refractivity contribution in [1.82, 2.24) is 10.6 Å². The first kappa shape index (κ1) is 18.1. The molecule has 122 valence electrons. The van der Waals surface area contributed by atoms with E-state index in [4.69, 9.17) is 17.0 Å². The van der Waals surface area contributed by atoms with Crippen LogP contribution in [0.1, 0.15) is 26.3 Å². The fraction of sp³-hybridized carbons (Fsp3) is 0.385. The Morgan fingerprint density at radius 3 is 2.27 bits per heavy atom. The van der Waals surface area contributed by atoms with E-state index in [2.05, 4.69) is 16.0 Å². The fourth-order valence-electron chi connectivity index (χ4n) is 1.48. The first-order chi connectivity index (χ1) is 9.88. The van der Waals surface area contributed by atoms with Crippen molar-refractivity contribution in [2.24, 2.45) is 0 Å². The van der Waals surface area contributed by atoms with Crippen molar-refractivity contribution in [2.45, 2.75) is 32.5 Å². The summed E-state index contributed by atoms with van der Waals surface area (Å²) < 4.78 is 37.7. The number of nitrogens with one attached hydrogen (secondary N) is 4. The van der Waals surface area contributed by atoms with Crippen molar-refractivity contribution in [3.8, 4) is 0 Å². The zero-order chi connectivity index (χ0) is 17.1. The van der Waals surface area contributed by atoms with Gasteiger partial charge in [0.15, 0.2) is 0 Å². The van der Waals surface area contributed by atoms with Gasteiger partial charge >= 0.3 is 12.2 Å². The number of halogens is 4. The molecule has 0 spiro atoms. The molecule has 0 saturated carbocycles. The van der Waals surface area contributed by atoms with Crippen LogP contribution in [0.15, 0.2) is 18.2 Å². The molecule has 2 amide bonds. The summed E-state index contributed by atoms with van der Waals surface area (Å²) in [5, 5.41) is 14.3. The lowest BCUT2D eigenvalue weighted by atomic mass is 10.1. The maximum absolute atomic E-state index is 12.6. The average Bonchev–Trinajstić information content (AvgIpc) is 2.23. The number of rotatable bonds is 1. The van der Waals surface area contributed by atoms with Gasteiger partial charge in [-0.15, -0.1) is 0 Å². The van der Waals surface area contributed by atoms with Crippen LogP contribution < -0.4 is 16.0 Å². The number of alkyl halides is 3. The minimum absolute atomic E-state index is 0.152. The third-order valence-electron chi connectivity index (χ3n) is 2.27. The van der Waals surface area contributed by atoms with E-state index in [9.17, 15) is 18.0 Å². The first-order valence-electron chi connectivity index (χ1n) is 6.20. The summed E-state index contributed by atoms with van der Waals surface area (Å²) >= 11 is 5.56. The summed E-state index contributed by atoms with van der Waals surface area (Å²) in [4.78, 5) is 11.5. The lowest BCUT2D eigenvalue weighted by Gasteiger charge is -2.21. The highest BCUT2D eigenvalue weighted by Crippen LogP contribution is 2.35. The van der Waals surface area contributed by atoms with Gasteiger partial charge in [0.1, 0.15) is 0 Å². The number of urea groups is 1. The largest absolute Gasteiger partial charge is 0.417 e. The van der Waals surface area contributed by atoms with E-state index in [1.165, 1.54) is 0 Å². The highest BCUT2D eigenvalue weighted by Gasteiger charge is 2.33. The highest BCUT2D eigenvalue weighted by atomic mass is 35.5. The summed E-state index contributed by atoms with van der Waals surface area (Å²) in [6, 6.07) is 2.34. The second-order valence-electron chi connectivity index (χ2n) is 5.52. The molecule has 0 unspecified atom stereocenters. The Morgan fingerprint density at radius 2 is 1.82 bits per heavy atom. The van der Waals surface area contributed by atoms with Crippen LogP contribution in [-0.4, -0.2) is 17.5 Å². The minimum Gasteiger partial charge on any atom is -0.333 e. The Morgan fingerprint density at radius 1 is 1.23 bits per heavy atom. The predicted octanol–water partition coefficient (Wildman–Crippen LogP) is 3.80. The van der Waals surface area contributed by atoms with Gasteiger partial charge in [-0.1, -0.05) is 11.6 Å². The molecule has 0 fully saturated rings. The molecule has 0 saturated heterocycles. The lowest BCUT2D eigenvalue weighted by Crippen LogP contribution is -2.49. The number of guanidine groups is 1. The second-order valence-corrected chi connectivity index (χ2v) is 5.93. The van der Waals surface area contributed by atoms with E-state index in [0.29, 0.717) is 0 Å². The zero-order valence-corrected chi connectivity index (χ0v) is 12.9. The molecule has 0 bridgehead atoms. The molecular weight excluding hydrogens is 321 g/mol. The normalized spacial score (nSPS) is 11.8. The van der Waals surface area contributed by atoms with E-state index in [1.807, 2.05) is 0 Å². The van der Waals surface area contributed by atoms with Gasteiger partial charge in [-0.25, -0.2) is 4.79 Å². The van der Waals surface area contributed by atoms with Crippen LogP contribution in [0.25, 0.3) is 0 Å². The quantitative estimate of drug-likeness (QED) is 0.465. The Bertz CT molecular complexity index is 582. The molecule has 0 aliphatic heterocycles. The maximum atomic E-state index is 12.6. The number of carbonyl (C=O) groups is 1. The smallest absolute Gasteiger partial charge is 0.333 e. The molecule has 0 radical (unpaired) electrons. The van der Waals surface area contributed by atoms with Gasteiger partial charge < -0.3 is 10.6 Å². The number of hydrogen-bond acceptors (Lipinski definition) is 2. The minimum atomic E-state index is -4.55. The van der Waals surface area contributed by atoms with Crippen molar-refractivity contribution in [3.05, 3.63) is 28.8 Å². The predicted molar refractivity (Wildman–Crippen MR) is 79.2 cm³/mol. The summed E-state index contributed by atoms with van der Waals surface area (Å²) in [5.74, 6) is -0.391. The molecular formula is C13H16ClF3N4O. The van der Waals surface area contributed by atoms with E-state index in [-0.39, 0.29) is 5.69 Å². The standard InChI is InChI=1S/C13H16ClF3N4O/c1-12(2,3)21-11(22)20-10(18)19-7-4-5-8(9(14)6-7)13(15,16)17/h4-6H,1-3H3,(H4,18,19,20,21,22). The SMILES string of the molecule is CC(C)(C)NC(=O)NC(=N)Nc1ccc(C(F)(F)F)c(Cl)c1. The molecule has 9 heteroatoms. The monoisotopic (exact) mass is 336 g/mol. The molecule has 0 aliphatic carbocycles. The molecule has 1 rings (SSSR count). The fourth-order valence-corrected chi connectivity index (χ4v) is 1.77. The number of carbonyl (C=O) groups excluding carboxylic acids is 1. The van der Waals surface area contributed by atoms with Gasteiger partial charge in [0.2, 0.25) is 5.96 Å². The molecule has 1 aromatic carbocycles. The summed E-state index contributed by atoms with van der Waals surface area (Å²) in [6.07, 6.45) is -4.55. The number of hydrogen-bond donors (Lipinski definition) is 4. The van der Waals surface area contributed by atoms with Crippen LogP contribution >= 0.6 is 11.6 Å². The van der Waals surface area contributed by atoms with Gasteiger partial charge in [-0.2, -0.15) is 13.2 Å². The van der Waals surface area contributed by atoms with Gasteiger partial charge in [0.05, 0.1) is 10.6 Å². The second kappa shape index (κ2) is 6.43. The molecule has 1 aromatic rings. The highest BCUT2D eigenvalue weighted by molar-refractivity contribution is 6.31. The van der Waals surface area contributed by atoms with E-state index < -0.39 is 34.3 Å². The first-order valence-corrected chi connectivity index (χ1v) is 6.58. The van der Waals surface area contributed by atoms with E-state index in [1.54, 1.807) is 20.8 Å². The summed E-state index contributed by atoms with van der Waals surface area (Å²) in [6.45, 7) is 5.29. The Kier molecular flexibility index (Phi) is 5.29.